The Morgan fingerprint density at radius 2 is 1.92 bits per heavy atom. The van der Waals surface area contributed by atoms with Crippen LogP contribution in [-0.4, -0.2) is 30.3 Å². The van der Waals surface area contributed by atoms with Gasteiger partial charge in [0.1, 0.15) is 0 Å². The van der Waals surface area contributed by atoms with Crippen LogP contribution in [0.25, 0.3) is 0 Å². The number of anilines is 1. The quantitative estimate of drug-likeness (QED) is 0.657. The standard InChI is InChI=1S/C18H28ClN3O2/c1-12(2)24-16(17(20)21-13-8-4-3-5-9-13)18(23)22-15-11-7-6-10-14(15)19/h6-7,10-13,16-17,21H,3-5,8-9,20H2,1-2H3,(H,22,23)/t16?,17-/m1/s1. The highest BCUT2D eigenvalue weighted by Crippen LogP contribution is 2.22. The Hall–Kier alpha value is -1.14. The number of nitrogens with two attached hydrogens (primary N) is 1. The maximum atomic E-state index is 12.7. The second kappa shape index (κ2) is 9.37. The highest BCUT2D eigenvalue weighted by Gasteiger charge is 2.30. The number of nitrogens with one attached hydrogen (secondary N) is 2. The smallest absolute Gasteiger partial charge is 0.256 e. The lowest BCUT2D eigenvalue weighted by atomic mass is 9.95. The summed E-state index contributed by atoms with van der Waals surface area (Å²) < 4.78 is 5.78. The second-order valence-corrected chi connectivity index (χ2v) is 7.01. The zero-order chi connectivity index (χ0) is 17.5. The molecular formula is C18H28ClN3O2. The Morgan fingerprint density at radius 3 is 2.54 bits per heavy atom. The number of hydrogen-bond donors (Lipinski definition) is 3. The van der Waals surface area contributed by atoms with E-state index in [1.807, 2.05) is 26.0 Å². The lowest BCUT2D eigenvalue weighted by molar-refractivity contribution is -0.132. The van der Waals surface area contributed by atoms with E-state index in [0.717, 1.165) is 12.8 Å². The summed E-state index contributed by atoms with van der Waals surface area (Å²) in [6.07, 6.45) is 4.42. The minimum absolute atomic E-state index is 0.105. The van der Waals surface area contributed by atoms with Gasteiger partial charge in [0.25, 0.3) is 5.91 Å². The van der Waals surface area contributed by atoms with Crippen LogP contribution in [0.4, 0.5) is 5.69 Å². The molecule has 2 atom stereocenters. The van der Waals surface area contributed by atoms with E-state index in [4.69, 9.17) is 22.1 Å². The van der Waals surface area contributed by atoms with Crippen molar-refractivity contribution in [3.63, 3.8) is 0 Å². The zero-order valence-corrected chi connectivity index (χ0v) is 15.2. The number of halogens is 1. The molecule has 6 heteroatoms. The molecule has 1 aliphatic carbocycles. The zero-order valence-electron chi connectivity index (χ0n) is 14.4. The Kier molecular flexibility index (Phi) is 7.49. The summed E-state index contributed by atoms with van der Waals surface area (Å²) in [5.74, 6) is -0.285. The number of carbonyl (C=O) groups is 1. The normalized spacial score (nSPS) is 18.4. The molecule has 0 radical (unpaired) electrons. The Labute approximate surface area is 149 Å². The monoisotopic (exact) mass is 353 g/mol. The molecule has 1 amide bonds. The summed E-state index contributed by atoms with van der Waals surface area (Å²) in [7, 11) is 0. The summed E-state index contributed by atoms with van der Waals surface area (Å²) in [4.78, 5) is 12.7. The molecule has 0 bridgehead atoms. The molecule has 0 saturated heterocycles. The van der Waals surface area contributed by atoms with Crippen LogP contribution < -0.4 is 16.4 Å². The van der Waals surface area contributed by atoms with Gasteiger partial charge in [0.15, 0.2) is 6.10 Å². The van der Waals surface area contributed by atoms with Crippen molar-refractivity contribution in [2.45, 2.75) is 70.4 Å². The third-order valence-electron chi connectivity index (χ3n) is 4.17. The number of benzene rings is 1. The van der Waals surface area contributed by atoms with E-state index in [9.17, 15) is 4.79 Å². The predicted octanol–water partition coefficient (Wildman–Crippen LogP) is 3.28. The summed E-state index contributed by atoms with van der Waals surface area (Å²) in [5.41, 5.74) is 6.82. The van der Waals surface area contributed by atoms with Gasteiger partial charge < -0.3 is 15.8 Å². The van der Waals surface area contributed by atoms with Crippen LogP contribution in [-0.2, 0) is 9.53 Å². The number of carbonyl (C=O) groups excluding carboxylic acids is 1. The van der Waals surface area contributed by atoms with Crippen LogP contribution in [0.15, 0.2) is 24.3 Å². The van der Waals surface area contributed by atoms with E-state index >= 15 is 0 Å². The van der Waals surface area contributed by atoms with E-state index in [1.54, 1.807) is 12.1 Å². The van der Waals surface area contributed by atoms with Crippen LogP contribution in [0.2, 0.25) is 5.02 Å². The fourth-order valence-corrected chi connectivity index (χ4v) is 3.18. The molecule has 0 aliphatic heterocycles. The van der Waals surface area contributed by atoms with Gasteiger partial charge in [0, 0.05) is 6.04 Å². The molecule has 1 aromatic rings. The van der Waals surface area contributed by atoms with Crippen molar-refractivity contribution in [2.75, 3.05) is 5.32 Å². The first-order valence-electron chi connectivity index (χ1n) is 8.70. The van der Waals surface area contributed by atoms with Gasteiger partial charge >= 0.3 is 0 Å². The van der Waals surface area contributed by atoms with E-state index in [1.165, 1.54) is 19.3 Å². The molecule has 5 nitrogen and oxygen atoms in total. The van der Waals surface area contributed by atoms with Crippen molar-refractivity contribution in [1.29, 1.82) is 0 Å². The lowest BCUT2D eigenvalue weighted by Crippen LogP contribution is -2.57. The van der Waals surface area contributed by atoms with Crippen LogP contribution in [0.1, 0.15) is 46.0 Å². The minimum Gasteiger partial charge on any atom is -0.363 e. The predicted molar refractivity (Wildman–Crippen MR) is 98.1 cm³/mol. The maximum Gasteiger partial charge on any atom is 0.256 e. The molecule has 2 rings (SSSR count). The highest BCUT2D eigenvalue weighted by molar-refractivity contribution is 6.33. The molecule has 1 aromatic carbocycles. The molecule has 0 spiro atoms. The molecule has 134 valence electrons. The first-order valence-corrected chi connectivity index (χ1v) is 9.07. The fourth-order valence-electron chi connectivity index (χ4n) is 3.00. The number of hydrogen-bond acceptors (Lipinski definition) is 4. The lowest BCUT2D eigenvalue weighted by Gasteiger charge is -2.31. The van der Waals surface area contributed by atoms with E-state index < -0.39 is 12.3 Å². The van der Waals surface area contributed by atoms with Gasteiger partial charge in [-0.05, 0) is 38.8 Å². The van der Waals surface area contributed by atoms with Crippen molar-refractivity contribution in [3.05, 3.63) is 29.3 Å². The van der Waals surface area contributed by atoms with Gasteiger partial charge in [-0.1, -0.05) is 43.0 Å². The SMILES string of the molecule is CC(C)OC(C(=O)Nc1ccccc1Cl)[C@H](N)NC1CCCCC1. The van der Waals surface area contributed by atoms with Crippen LogP contribution >= 0.6 is 11.6 Å². The molecule has 1 aliphatic rings. The Morgan fingerprint density at radius 1 is 1.25 bits per heavy atom. The van der Waals surface area contributed by atoms with Crippen molar-refractivity contribution in [1.82, 2.24) is 5.32 Å². The van der Waals surface area contributed by atoms with Crippen molar-refractivity contribution in [3.8, 4) is 0 Å². The number of para-hydroxylation sites is 1. The summed E-state index contributed by atoms with van der Waals surface area (Å²) in [6.45, 7) is 3.78. The number of rotatable bonds is 7. The van der Waals surface area contributed by atoms with Crippen LogP contribution in [0.3, 0.4) is 0 Å². The molecule has 0 aromatic heterocycles. The molecular weight excluding hydrogens is 326 g/mol. The van der Waals surface area contributed by atoms with Crippen molar-refractivity contribution in [2.24, 2.45) is 5.73 Å². The van der Waals surface area contributed by atoms with Gasteiger partial charge in [-0.3, -0.25) is 10.1 Å². The molecule has 24 heavy (non-hydrogen) atoms. The number of amides is 1. The molecule has 4 N–H and O–H groups in total. The van der Waals surface area contributed by atoms with Gasteiger partial charge in [-0.15, -0.1) is 0 Å². The van der Waals surface area contributed by atoms with E-state index in [0.29, 0.717) is 16.8 Å². The van der Waals surface area contributed by atoms with Crippen LogP contribution in [0, 0.1) is 0 Å². The summed E-state index contributed by atoms with van der Waals surface area (Å²) in [6, 6.07) is 7.47. The number of ether oxygens (including phenoxy) is 1. The first-order chi connectivity index (χ1) is 11.5. The molecule has 1 saturated carbocycles. The average molecular weight is 354 g/mol. The second-order valence-electron chi connectivity index (χ2n) is 6.60. The Bertz CT molecular complexity index is 533. The third kappa shape index (κ3) is 5.74. The first kappa shape index (κ1) is 19.2. The third-order valence-corrected chi connectivity index (χ3v) is 4.50. The molecule has 1 fully saturated rings. The fraction of sp³-hybridized carbons (Fsp3) is 0.611. The van der Waals surface area contributed by atoms with E-state index in [2.05, 4.69) is 10.6 Å². The van der Waals surface area contributed by atoms with Gasteiger partial charge in [-0.25, -0.2) is 0 Å². The van der Waals surface area contributed by atoms with Crippen molar-refractivity contribution >= 4 is 23.2 Å². The minimum atomic E-state index is -0.775. The summed E-state index contributed by atoms with van der Waals surface area (Å²) in [5, 5.41) is 6.67. The molecule has 0 heterocycles. The van der Waals surface area contributed by atoms with Gasteiger partial charge in [0.05, 0.1) is 23.0 Å². The topological polar surface area (TPSA) is 76.4 Å². The van der Waals surface area contributed by atoms with E-state index in [-0.39, 0.29) is 12.0 Å². The van der Waals surface area contributed by atoms with Crippen molar-refractivity contribution < 1.29 is 9.53 Å². The van der Waals surface area contributed by atoms with Crippen LogP contribution in [0.5, 0.6) is 0 Å². The summed E-state index contributed by atoms with van der Waals surface area (Å²) >= 11 is 6.11. The van der Waals surface area contributed by atoms with Gasteiger partial charge in [-0.2, -0.15) is 0 Å². The highest BCUT2D eigenvalue weighted by atomic mass is 35.5. The Balaban J connectivity index is 2.02. The average Bonchev–Trinajstić information content (AvgIpc) is 2.55. The largest absolute Gasteiger partial charge is 0.363 e. The van der Waals surface area contributed by atoms with Gasteiger partial charge in [0.2, 0.25) is 0 Å². The molecule has 1 unspecified atom stereocenters. The maximum absolute atomic E-state index is 12.7.